The van der Waals surface area contributed by atoms with E-state index in [0.29, 0.717) is 17.5 Å². The Morgan fingerprint density at radius 3 is 2.64 bits per heavy atom. The van der Waals surface area contributed by atoms with Gasteiger partial charge in [0.2, 0.25) is 17.8 Å². The summed E-state index contributed by atoms with van der Waals surface area (Å²) in [7, 11) is 5.02. The van der Waals surface area contributed by atoms with Crippen LogP contribution in [0.25, 0.3) is 0 Å². The second-order valence-corrected chi connectivity index (χ2v) is 6.53. The van der Waals surface area contributed by atoms with Gasteiger partial charge >= 0.3 is 6.01 Å². The van der Waals surface area contributed by atoms with Crippen LogP contribution in [-0.4, -0.2) is 54.5 Å². The van der Waals surface area contributed by atoms with E-state index in [0.717, 1.165) is 0 Å². The minimum atomic E-state index is -0.505. The minimum Gasteiger partial charge on any atom is -0.467 e. The van der Waals surface area contributed by atoms with Crippen molar-refractivity contribution in [1.29, 1.82) is 0 Å². The summed E-state index contributed by atoms with van der Waals surface area (Å²) in [5, 5.41) is 2.76. The van der Waals surface area contributed by atoms with Crippen molar-refractivity contribution in [2.45, 2.75) is 13.0 Å². The minimum absolute atomic E-state index is 0.0831. The molecule has 148 valence electrons. The topological polar surface area (TPSA) is 101 Å². The van der Waals surface area contributed by atoms with Gasteiger partial charge in [0.25, 0.3) is 0 Å². The van der Waals surface area contributed by atoms with Crippen LogP contribution in [0.1, 0.15) is 12.2 Å². The second kappa shape index (κ2) is 8.15. The van der Waals surface area contributed by atoms with Gasteiger partial charge in [-0.25, -0.2) is 4.39 Å². The maximum absolute atomic E-state index is 13.1. The molecule has 1 atom stereocenters. The van der Waals surface area contributed by atoms with Crippen LogP contribution in [0.15, 0.2) is 24.3 Å². The van der Waals surface area contributed by atoms with E-state index in [1.54, 1.807) is 19.0 Å². The van der Waals surface area contributed by atoms with E-state index in [1.165, 1.54) is 36.3 Å². The van der Waals surface area contributed by atoms with E-state index < -0.39 is 5.92 Å². The predicted octanol–water partition coefficient (Wildman–Crippen LogP) is 0.755. The number of halogens is 1. The zero-order valence-corrected chi connectivity index (χ0v) is 15.8. The summed E-state index contributed by atoms with van der Waals surface area (Å²) in [4.78, 5) is 40.4. The van der Waals surface area contributed by atoms with Gasteiger partial charge in [0.1, 0.15) is 5.82 Å². The fourth-order valence-electron chi connectivity index (χ4n) is 2.82. The summed E-state index contributed by atoms with van der Waals surface area (Å²) in [6.07, 6.45) is 0.0900. The Morgan fingerprint density at radius 2 is 2.00 bits per heavy atom. The monoisotopic (exact) mass is 388 g/mol. The third-order valence-corrected chi connectivity index (χ3v) is 4.29. The van der Waals surface area contributed by atoms with Crippen molar-refractivity contribution < 1.29 is 18.7 Å². The number of ether oxygens (including phenoxy) is 1. The zero-order chi connectivity index (χ0) is 20.3. The number of benzene rings is 1. The molecule has 2 amide bonds. The van der Waals surface area contributed by atoms with Gasteiger partial charge in [-0.1, -0.05) is 0 Å². The lowest BCUT2D eigenvalue weighted by Crippen LogP contribution is -2.33. The Labute approximate surface area is 161 Å². The average molecular weight is 388 g/mol. The molecule has 0 spiro atoms. The highest BCUT2D eigenvalue weighted by atomic mass is 19.1. The number of carbonyl (C=O) groups excluding carboxylic acids is 2. The van der Waals surface area contributed by atoms with Gasteiger partial charge < -0.3 is 19.9 Å². The standard InChI is InChI=1S/C18H21FN6O3/c1-24(2)17-21-14(22-18(23-17)28-3)9-20-16(27)11-8-15(26)25(10-11)13-6-4-12(19)5-7-13/h4-7,11H,8-10H2,1-3H3,(H,20,27)/t11-/m0/s1. The second-order valence-electron chi connectivity index (χ2n) is 6.53. The lowest BCUT2D eigenvalue weighted by molar-refractivity contribution is -0.126. The highest BCUT2D eigenvalue weighted by Crippen LogP contribution is 2.25. The molecule has 1 aromatic heterocycles. The molecule has 0 radical (unpaired) electrons. The summed E-state index contributed by atoms with van der Waals surface area (Å²) in [5.74, 6) is -0.574. The quantitative estimate of drug-likeness (QED) is 0.779. The molecule has 2 aromatic rings. The first-order valence-electron chi connectivity index (χ1n) is 8.67. The summed E-state index contributed by atoms with van der Waals surface area (Å²) < 4.78 is 18.1. The largest absolute Gasteiger partial charge is 0.467 e. The van der Waals surface area contributed by atoms with Crippen molar-refractivity contribution in [2.24, 2.45) is 5.92 Å². The number of methoxy groups -OCH3 is 1. The number of hydrogen-bond acceptors (Lipinski definition) is 7. The van der Waals surface area contributed by atoms with Crippen molar-refractivity contribution in [3.05, 3.63) is 35.9 Å². The molecule has 0 unspecified atom stereocenters. The molecule has 28 heavy (non-hydrogen) atoms. The molecule has 9 nitrogen and oxygen atoms in total. The maximum atomic E-state index is 13.1. The molecular weight excluding hydrogens is 367 g/mol. The smallest absolute Gasteiger partial charge is 0.321 e. The van der Waals surface area contributed by atoms with Gasteiger partial charge in [-0.2, -0.15) is 15.0 Å². The molecule has 1 aromatic carbocycles. The van der Waals surface area contributed by atoms with Crippen molar-refractivity contribution in [1.82, 2.24) is 20.3 Å². The zero-order valence-electron chi connectivity index (χ0n) is 15.8. The van der Waals surface area contributed by atoms with Gasteiger partial charge in [-0.3, -0.25) is 9.59 Å². The number of nitrogens with one attached hydrogen (secondary N) is 1. The third kappa shape index (κ3) is 4.33. The fourth-order valence-corrected chi connectivity index (χ4v) is 2.82. The number of aromatic nitrogens is 3. The van der Waals surface area contributed by atoms with Crippen molar-refractivity contribution in [3.63, 3.8) is 0 Å². The van der Waals surface area contributed by atoms with Crippen LogP contribution in [-0.2, 0) is 16.1 Å². The number of rotatable bonds is 6. The van der Waals surface area contributed by atoms with Gasteiger partial charge in [0.05, 0.1) is 19.6 Å². The van der Waals surface area contributed by atoms with Crippen LogP contribution >= 0.6 is 0 Å². The highest BCUT2D eigenvalue weighted by molar-refractivity contribution is 6.00. The van der Waals surface area contributed by atoms with Crippen LogP contribution in [0.2, 0.25) is 0 Å². The van der Waals surface area contributed by atoms with Crippen molar-refractivity contribution >= 4 is 23.5 Å². The van der Waals surface area contributed by atoms with Gasteiger partial charge in [0.15, 0.2) is 5.82 Å². The summed E-state index contributed by atoms with van der Waals surface area (Å²) >= 11 is 0. The molecule has 10 heteroatoms. The van der Waals surface area contributed by atoms with Crippen LogP contribution < -0.4 is 19.9 Å². The molecule has 2 heterocycles. The van der Waals surface area contributed by atoms with E-state index in [4.69, 9.17) is 4.74 Å². The normalized spacial score (nSPS) is 16.2. The van der Waals surface area contributed by atoms with Gasteiger partial charge in [-0.15, -0.1) is 0 Å². The first-order chi connectivity index (χ1) is 13.4. The van der Waals surface area contributed by atoms with Gasteiger partial charge in [0, 0.05) is 32.7 Å². The number of amides is 2. The molecule has 0 aliphatic carbocycles. The van der Waals surface area contributed by atoms with Gasteiger partial charge in [-0.05, 0) is 24.3 Å². The summed E-state index contributed by atoms with van der Waals surface area (Å²) in [6, 6.07) is 5.77. The molecule has 0 bridgehead atoms. The Hall–Kier alpha value is -3.30. The van der Waals surface area contributed by atoms with Crippen LogP contribution in [0.5, 0.6) is 6.01 Å². The van der Waals surface area contributed by atoms with Crippen LogP contribution in [0, 0.1) is 11.7 Å². The van der Waals surface area contributed by atoms with Crippen molar-refractivity contribution in [2.75, 3.05) is 37.5 Å². The summed E-state index contributed by atoms with van der Waals surface area (Å²) in [6.45, 7) is 0.319. The molecule has 1 saturated heterocycles. The molecule has 1 aliphatic rings. The summed E-state index contributed by atoms with van der Waals surface area (Å²) in [5.41, 5.74) is 0.569. The number of carbonyl (C=O) groups is 2. The predicted molar refractivity (Wildman–Crippen MR) is 99.4 cm³/mol. The third-order valence-electron chi connectivity index (χ3n) is 4.29. The van der Waals surface area contributed by atoms with Crippen LogP contribution in [0.3, 0.4) is 0 Å². The van der Waals surface area contributed by atoms with E-state index in [9.17, 15) is 14.0 Å². The Bertz CT molecular complexity index is 874. The first kappa shape index (κ1) is 19.5. The lowest BCUT2D eigenvalue weighted by atomic mass is 10.1. The highest BCUT2D eigenvalue weighted by Gasteiger charge is 2.35. The Balaban J connectivity index is 1.63. The molecule has 3 rings (SSSR count). The van der Waals surface area contributed by atoms with E-state index in [1.807, 2.05) is 0 Å². The molecule has 1 N–H and O–H groups in total. The first-order valence-corrected chi connectivity index (χ1v) is 8.67. The molecule has 0 saturated carbocycles. The van der Waals surface area contributed by atoms with Crippen LogP contribution in [0.4, 0.5) is 16.0 Å². The number of hydrogen-bond donors (Lipinski definition) is 1. The molecule has 1 fully saturated rings. The SMILES string of the molecule is COc1nc(CNC(=O)[C@H]2CC(=O)N(c3ccc(F)cc3)C2)nc(N(C)C)n1. The fraction of sp³-hybridized carbons (Fsp3) is 0.389. The van der Waals surface area contributed by atoms with Crippen molar-refractivity contribution in [3.8, 4) is 6.01 Å². The maximum Gasteiger partial charge on any atom is 0.321 e. The molecule has 1 aliphatic heterocycles. The lowest BCUT2D eigenvalue weighted by Gasteiger charge is -2.16. The average Bonchev–Trinajstić information content (AvgIpc) is 3.08. The molecular formula is C18H21FN6O3. The Morgan fingerprint density at radius 1 is 1.29 bits per heavy atom. The van der Waals surface area contributed by atoms with E-state index in [-0.39, 0.29) is 43.2 Å². The van der Waals surface area contributed by atoms with E-state index >= 15 is 0 Å². The van der Waals surface area contributed by atoms with E-state index in [2.05, 4.69) is 20.3 Å². The number of nitrogens with zero attached hydrogens (tertiary/aromatic N) is 5. The Kier molecular flexibility index (Phi) is 5.67. The number of anilines is 2.